The zero-order chi connectivity index (χ0) is 17.8. The molecule has 0 aliphatic carbocycles. The summed E-state index contributed by atoms with van der Waals surface area (Å²) in [6, 6.07) is 13.0. The van der Waals surface area contributed by atoms with Crippen LogP contribution in [0.5, 0.6) is 0 Å². The lowest BCUT2D eigenvalue weighted by Gasteiger charge is -2.21. The average molecular weight is 377 g/mol. The summed E-state index contributed by atoms with van der Waals surface area (Å²) in [5.74, 6) is -0.494. The number of aliphatic imine (C=N–C) groups is 1. The van der Waals surface area contributed by atoms with Crippen molar-refractivity contribution in [1.82, 2.24) is 5.32 Å². The number of carbonyl (C=O) groups excluding carboxylic acids is 2. The molecule has 3 N–H and O–H groups in total. The third-order valence-electron chi connectivity index (χ3n) is 3.39. The van der Waals surface area contributed by atoms with Gasteiger partial charge in [0.2, 0.25) is 17.8 Å². The Morgan fingerprint density at radius 3 is 2.44 bits per heavy atom. The van der Waals surface area contributed by atoms with Gasteiger partial charge in [-0.05, 0) is 30.3 Å². The van der Waals surface area contributed by atoms with Gasteiger partial charge in [-0.2, -0.15) is 0 Å². The van der Waals surface area contributed by atoms with Gasteiger partial charge in [0.15, 0.2) is 0 Å². The van der Waals surface area contributed by atoms with Gasteiger partial charge >= 0.3 is 0 Å². The van der Waals surface area contributed by atoms with Crippen molar-refractivity contribution in [2.24, 2.45) is 4.99 Å². The van der Waals surface area contributed by atoms with Crippen molar-refractivity contribution >= 4 is 52.4 Å². The highest BCUT2D eigenvalue weighted by atomic mass is 35.5. The summed E-state index contributed by atoms with van der Waals surface area (Å²) in [6.45, 7) is 0. The van der Waals surface area contributed by atoms with Crippen LogP contribution in [0.4, 0.5) is 11.4 Å². The molecule has 25 heavy (non-hydrogen) atoms. The molecule has 0 unspecified atom stereocenters. The number of benzene rings is 2. The number of nitrogens with one attached hydrogen (secondary N) is 3. The number of anilines is 2. The average Bonchev–Trinajstić information content (AvgIpc) is 2.54. The highest BCUT2D eigenvalue weighted by Gasteiger charge is 2.27. The van der Waals surface area contributed by atoms with Gasteiger partial charge in [0.1, 0.15) is 6.04 Å². The van der Waals surface area contributed by atoms with E-state index >= 15 is 0 Å². The summed E-state index contributed by atoms with van der Waals surface area (Å²) in [7, 11) is 0. The molecule has 6 nitrogen and oxygen atoms in total. The molecule has 1 atom stereocenters. The fourth-order valence-corrected chi connectivity index (χ4v) is 2.84. The quantitative estimate of drug-likeness (QED) is 0.768. The van der Waals surface area contributed by atoms with Gasteiger partial charge in [-0.3, -0.25) is 14.9 Å². The molecule has 3 rings (SSSR count). The molecular weight excluding hydrogens is 363 g/mol. The van der Waals surface area contributed by atoms with Crippen LogP contribution < -0.4 is 16.0 Å². The van der Waals surface area contributed by atoms with Crippen LogP contribution in [-0.2, 0) is 9.59 Å². The molecule has 0 saturated heterocycles. The lowest BCUT2D eigenvalue weighted by molar-refractivity contribution is -0.124. The number of carbonyl (C=O) groups is 2. The molecule has 0 bridgehead atoms. The van der Waals surface area contributed by atoms with Gasteiger partial charge in [-0.25, -0.2) is 4.99 Å². The van der Waals surface area contributed by atoms with Crippen molar-refractivity contribution in [2.75, 3.05) is 10.6 Å². The monoisotopic (exact) mass is 376 g/mol. The number of halogens is 2. The first-order chi connectivity index (χ1) is 12.0. The summed E-state index contributed by atoms with van der Waals surface area (Å²) in [6.07, 6.45) is -0.0276. The van der Waals surface area contributed by atoms with Gasteiger partial charge < -0.3 is 10.6 Å². The number of hydrogen-bond acceptors (Lipinski definition) is 4. The number of nitrogens with zero attached hydrogens (tertiary/aromatic N) is 1. The molecule has 0 spiro atoms. The Morgan fingerprint density at radius 1 is 1.08 bits per heavy atom. The summed E-state index contributed by atoms with van der Waals surface area (Å²) in [4.78, 5) is 28.5. The van der Waals surface area contributed by atoms with Crippen LogP contribution in [0.3, 0.4) is 0 Å². The number of para-hydroxylation sites is 1. The van der Waals surface area contributed by atoms with Crippen molar-refractivity contribution < 1.29 is 9.59 Å². The van der Waals surface area contributed by atoms with Crippen LogP contribution in [0.1, 0.15) is 6.42 Å². The first-order valence-corrected chi connectivity index (χ1v) is 8.22. The van der Waals surface area contributed by atoms with E-state index in [-0.39, 0.29) is 24.2 Å². The minimum atomic E-state index is -0.828. The van der Waals surface area contributed by atoms with Crippen LogP contribution >= 0.6 is 23.2 Å². The van der Waals surface area contributed by atoms with Gasteiger partial charge in [0.05, 0.1) is 6.42 Å². The van der Waals surface area contributed by atoms with E-state index in [4.69, 9.17) is 23.2 Å². The molecule has 2 aromatic carbocycles. The second kappa shape index (κ2) is 7.55. The van der Waals surface area contributed by atoms with E-state index < -0.39 is 6.04 Å². The normalized spacial score (nSPS) is 16.6. The molecule has 8 heteroatoms. The predicted molar refractivity (Wildman–Crippen MR) is 99.1 cm³/mol. The Morgan fingerprint density at radius 2 is 1.76 bits per heavy atom. The van der Waals surface area contributed by atoms with Gasteiger partial charge in [0.25, 0.3) is 0 Å². The second-order valence-electron chi connectivity index (χ2n) is 5.38. The van der Waals surface area contributed by atoms with E-state index in [1.54, 1.807) is 30.3 Å². The van der Waals surface area contributed by atoms with Gasteiger partial charge in [-0.15, -0.1) is 0 Å². The first-order valence-electron chi connectivity index (χ1n) is 7.46. The van der Waals surface area contributed by atoms with E-state index in [0.717, 1.165) is 0 Å². The van der Waals surface area contributed by atoms with E-state index in [1.807, 2.05) is 18.2 Å². The van der Waals surface area contributed by atoms with Crippen molar-refractivity contribution in [3.8, 4) is 0 Å². The fraction of sp³-hybridized carbons (Fsp3) is 0.118. The zero-order valence-electron chi connectivity index (χ0n) is 12.9. The van der Waals surface area contributed by atoms with Gasteiger partial charge in [0, 0.05) is 21.4 Å². The predicted octanol–water partition coefficient (Wildman–Crippen LogP) is 3.29. The molecule has 1 aliphatic rings. The Hall–Kier alpha value is -2.57. The summed E-state index contributed by atoms with van der Waals surface area (Å²) >= 11 is 11.9. The summed E-state index contributed by atoms with van der Waals surface area (Å²) in [5, 5.41) is 9.12. The first kappa shape index (κ1) is 17.3. The van der Waals surface area contributed by atoms with Crippen LogP contribution in [0.2, 0.25) is 10.0 Å². The molecule has 2 amide bonds. The Kier molecular flexibility index (Phi) is 5.21. The van der Waals surface area contributed by atoms with Crippen molar-refractivity contribution in [3.05, 3.63) is 58.6 Å². The van der Waals surface area contributed by atoms with E-state index in [2.05, 4.69) is 20.9 Å². The minimum Gasteiger partial charge on any atom is -0.326 e. The van der Waals surface area contributed by atoms with Gasteiger partial charge in [-0.1, -0.05) is 41.4 Å². The maximum atomic E-state index is 12.4. The molecule has 2 aromatic rings. The molecule has 0 saturated carbocycles. The second-order valence-corrected chi connectivity index (χ2v) is 6.26. The molecule has 0 fully saturated rings. The van der Waals surface area contributed by atoms with Crippen LogP contribution in [0, 0.1) is 0 Å². The fourth-order valence-electron chi connectivity index (χ4n) is 2.32. The highest BCUT2D eigenvalue weighted by molar-refractivity contribution is 6.35. The molecule has 128 valence electrons. The largest absolute Gasteiger partial charge is 0.326 e. The lowest BCUT2D eigenvalue weighted by Crippen LogP contribution is -2.45. The van der Waals surface area contributed by atoms with Crippen LogP contribution in [0.15, 0.2) is 53.5 Å². The SMILES string of the molecule is O=C1C[C@@H](C(=O)Nc2ccccc2)N=C(Nc2cc(Cl)cc(Cl)c2)N1. The lowest BCUT2D eigenvalue weighted by atomic mass is 10.1. The molecule has 0 radical (unpaired) electrons. The zero-order valence-corrected chi connectivity index (χ0v) is 14.4. The third kappa shape index (κ3) is 4.71. The topological polar surface area (TPSA) is 82.6 Å². The standard InChI is InChI=1S/C17H14Cl2N4O2/c18-10-6-11(19)8-13(7-10)21-17-22-14(9-15(24)23-17)16(25)20-12-4-2-1-3-5-12/h1-8,14H,9H2,(H,20,25)(H2,21,22,23,24)/t14-/m0/s1. The number of guanidine groups is 1. The minimum absolute atomic E-state index is 0.0276. The Bertz CT molecular complexity index is 820. The Balaban J connectivity index is 1.75. The van der Waals surface area contributed by atoms with Crippen molar-refractivity contribution in [1.29, 1.82) is 0 Å². The highest BCUT2D eigenvalue weighted by Crippen LogP contribution is 2.22. The number of hydrogen-bond donors (Lipinski definition) is 3. The van der Waals surface area contributed by atoms with Crippen LogP contribution in [0.25, 0.3) is 0 Å². The van der Waals surface area contributed by atoms with Crippen molar-refractivity contribution in [2.45, 2.75) is 12.5 Å². The summed E-state index contributed by atoms with van der Waals surface area (Å²) in [5.41, 5.74) is 1.20. The van der Waals surface area contributed by atoms with E-state index in [0.29, 0.717) is 21.4 Å². The van der Waals surface area contributed by atoms with E-state index in [9.17, 15) is 9.59 Å². The third-order valence-corrected chi connectivity index (χ3v) is 3.83. The molecule has 1 aliphatic heterocycles. The van der Waals surface area contributed by atoms with Crippen LogP contribution in [-0.4, -0.2) is 23.8 Å². The van der Waals surface area contributed by atoms with E-state index in [1.165, 1.54) is 0 Å². The number of amides is 2. The maximum Gasteiger partial charge on any atom is 0.249 e. The molecule has 0 aromatic heterocycles. The maximum absolute atomic E-state index is 12.4. The smallest absolute Gasteiger partial charge is 0.249 e. The molecular formula is C17H14Cl2N4O2. The molecule has 1 heterocycles. The van der Waals surface area contributed by atoms with Crippen molar-refractivity contribution in [3.63, 3.8) is 0 Å². The number of rotatable bonds is 3. The summed E-state index contributed by atoms with van der Waals surface area (Å²) < 4.78 is 0. The Labute approximate surface area is 154 Å².